The fourth-order valence-electron chi connectivity index (χ4n) is 2.78. The van der Waals surface area contributed by atoms with Gasteiger partial charge in [-0.05, 0) is 30.7 Å². The molecular weight excluding hydrogens is 318 g/mol. The van der Waals surface area contributed by atoms with Gasteiger partial charge in [0.2, 0.25) is 0 Å². The smallest absolute Gasteiger partial charge is 0.143 e. The maximum atomic E-state index is 6.20. The van der Waals surface area contributed by atoms with E-state index in [0.717, 1.165) is 28.4 Å². The van der Waals surface area contributed by atoms with Gasteiger partial charge in [-0.25, -0.2) is 4.98 Å². The molecular formula is C20H16ClN3. The zero-order valence-corrected chi connectivity index (χ0v) is 14.0. The van der Waals surface area contributed by atoms with Gasteiger partial charge in [-0.15, -0.1) is 0 Å². The second-order valence-corrected chi connectivity index (χ2v) is 6.13. The number of aryl methyl sites for hydroxylation is 1. The Labute approximate surface area is 145 Å². The summed E-state index contributed by atoms with van der Waals surface area (Å²) >= 11 is 6.20. The largest absolute Gasteiger partial charge is 0.339 e. The zero-order chi connectivity index (χ0) is 16.5. The van der Waals surface area contributed by atoms with E-state index in [0.29, 0.717) is 5.02 Å². The van der Waals surface area contributed by atoms with Crippen LogP contribution in [0.5, 0.6) is 0 Å². The molecule has 0 unspecified atom stereocenters. The molecule has 0 atom stereocenters. The molecule has 118 valence electrons. The number of halogens is 1. The van der Waals surface area contributed by atoms with Crippen molar-refractivity contribution in [1.82, 2.24) is 9.38 Å². The Bertz CT molecular complexity index is 1010. The van der Waals surface area contributed by atoms with Crippen molar-refractivity contribution < 1.29 is 0 Å². The van der Waals surface area contributed by atoms with Crippen LogP contribution < -0.4 is 5.32 Å². The van der Waals surface area contributed by atoms with Crippen molar-refractivity contribution >= 4 is 28.8 Å². The Hall–Kier alpha value is -2.78. The number of imidazole rings is 1. The molecule has 1 N–H and O–H groups in total. The van der Waals surface area contributed by atoms with E-state index in [2.05, 4.69) is 36.5 Å². The third-order valence-electron chi connectivity index (χ3n) is 4.03. The van der Waals surface area contributed by atoms with Crippen molar-refractivity contribution in [3.63, 3.8) is 0 Å². The van der Waals surface area contributed by atoms with E-state index >= 15 is 0 Å². The molecule has 24 heavy (non-hydrogen) atoms. The summed E-state index contributed by atoms with van der Waals surface area (Å²) in [5.41, 5.74) is 5.05. The van der Waals surface area contributed by atoms with E-state index in [1.54, 1.807) is 0 Å². The topological polar surface area (TPSA) is 29.3 Å². The SMILES string of the molecule is Cc1ccccc1Nc1c(-c2ccccc2)nc2ccc(Cl)cn12. The quantitative estimate of drug-likeness (QED) is 0.520. The number of aromatic nitrogens is 2. The van der Waals surface area contributed by atoms with Crippen molar-refractivity contribution in [1.29, 1.82) is 0 Å². The molecule has 0 radical (unpaired) electrons. The lowest BCUT2D eigenvalue weighted by Gasteiger charge is -2.11. The van der Waals surface area contributed by atoms with Gasteiger partial charge in [0.25, 0.3) is 0 Å². The molecule has 2 aromatic heterocycles. The highest BCUT2D eigenvalue weighted by Crippen LogP contribution is 2.32. The number of hydrogen-bond donors (Lipinski definition) is 1. The van der Waals surface area contributed by atoms with Crippen molar-refractivity contribution in [3.8, 4) is 11.3 Å². The molecule has 3 nitrogen and oxygen atoms in total. The molecule has 0 spiro atoms. The monoisotopic (exact) mass is 333 g/mol. The minimum Gasteiger partial charge on any atom is -0.339 e. The van der Waals surface area contributed by atoms with Gasteiger partial charge in [0.1, 0.15) is 17.2 Å². The molecule has 0 aliphatic heterocycles. The number of nitrogens with one attached hydrogen (secondary N) is 1. The Kier molecular flexibility index (Phi) is 3.71. The first kappa shape index (κ1) is 14.8. The van der Waals surface area contributed by atoms with Crippen LogP contribution in [0.15, 0.2) is 72.9 Å². The first-order valence-corrected chi connectivity index (χ1v) is 8.16. The van der Waals surface area contributed by atoms with Crippen LogP contribution in [-0.4, -0.2) is 9.38 Å². The molecule has 4 rings (SSSR count). The highest BCUT2D eigenvalue weighted by atomic mass is 35.5. The third-order valence-corrected chi connectivity index (χ3v) is 4.25. The minimum atomic E-state index is 0.673. The molecule has 2 heterocycles. The Morgan fingerprint density at radius 2 is 1.67 bits per heavy atom. The molecule has 0 bridgehead atoms. The fraction of sp³-hybridized carbons (Fsp3) is 0.0500. The summed E-state index contributed by atoms with van der Waals surface area (Å²) in [5, 5.41) is 4.20. The Morgan fingerprint density at radius 1 is 0.917 bits per heavy atom. The molecule has 2 aromatic carbocycles. The van der Waals surface area contributed by atoms with Crippen LogP contribution >= 0.6 is 11.6 Å². The van der Waals surface area contributed by atoms with Gasteiger partial charge in [-0.3, -0.25) is 4.40 Å². The van der Waals surface area contributed by atoms with Crippen LogP contribution in [0.1, 0.15) is 5.56 Å². The predicted octanol–water partition coefficient (Wildman–Crippen LogP) is 5.71. The van der Waals surface area contributed by atoms with Gasteiger partial charge in [-0.1, -0.05) is 60.1 Å². The third kappa shape index (κ3) is 2.63. The number of rotatable bonds is 3. The number of para-hydroxylation sites is 1. The average Bonchev–Trinajstić information content (AvgIpc) is 2.96. The minimum absolute atomic E-state index is 0.673. The van der Waals surface area contributed by atoms with Gasteiger partial charge >= 0.3 is 0 Å². The molecule has 0 aliphatic rings. The van der Waals surface area contributed by atoms with E-state index < -0.39 is 0 Å². The number of anilines is 2. The van der Waals surface area contributed by atoms with Crippen LogP contribution in [-0.2, 0) is 0 Å². The molecule has 0 aliphatic carbocycles. The van der Waals surface area contributed by atoms with Gasteiger partial charge in [0.05, 0.1) is 5.02 Å². The van der Waals surface area contributed by atoms with Crippen LogP contribution in [0.4, 0.5) is 11.5 Å². The number of hydrogen-bond acceptors (Lipinski definition) is 2. The zero-order valence-electron chi connectivity index (χ0n) is 13.2. The van der Waals surface area contributed by atoms with Gasteiger partial charge < -0.3 is 5.32 Å². The summed E-state index contributed by atoms with van der Waals surface area (Å²) in [6, 6.07) is 22.2. The Balaban J connectivity index is 1.94. The molecule has 0 amide bonds. The lowest BCUT2D eigenvalue weighted by atomic mass is 10.1. The van der Waals surface area contributed by atoms with Crippen molar-refractivity contribution in [2.24, 2.45) is 0 Å². The van der Waals surface area contributed by atoms with E-state index in [1.165, 1.54) is 5.56 Å². The van der Waals surface area contributed by atoms with E-state index in [1.807, 2.05) is 53.1 Å². The summed E-state index contributed by atoms with van der Waals surface area (Å²) in [6.45, 7) is 2.08. The predicted molar refractivity (Wildman–Crippen MR) is 100 cm³/mol. The molecule has 4 heteroatoms. The van der Waals surface area contributed by atoms with Crippen molar-refractivity contribution in [2.45, 2.75) is 6.92 Å². The van der Waals surface area contributed by atoms with Crippen LogP contribution in [0, 0.1) is 6.92 Å². The van der Waals surface area contributed by atoms with E-state index in [9.17, 15) is 0 Å². The maximum absolute atomic E-state index is 6.20. The maximum Gasteiger partial charge on any atom is 0.143 e. The van der Waals surface area contributed by atoms with Crippen molar-refractivity contribution in [3.05, 3.63) is 83.5 Å². The fourth-order valence-corrected chi connectivity index (χ4v) is 2.94. The second-order valence-electron chi connectivity index (χ2n) is 5.69. The summed E-state index contributed by atoms with van der Waals surface area (Å²) in [6.07, 6.45) is 1.89. The van der Waals surface area contributed by atoms with Gasteiger partial charge in [-0.2, -0.15) is 0 Å². The molecule has 0 saturated carbocycles. The standard InChI is InChI=1S/C20H16ClN3/c1-14-7-5-6-10-17(14)22-20-19(15-8-3-2-4-9-15)23-18-12-11-16(21)13-24(18)20/h2-13,22H,1H3. The van der Waals surface area contributed by atoms with Crippen LogP contribution in [0.3, 0.4) is 0 Å². The number of pyridine rings is 1. The first-order valence-electron chi connectivity index (χ1n) is 7.78. The lowest BCUT2D eigenvalue weighted by Crippen LogP contribution is -1.98. The summed E-state index contributed by atoms with van der Waals surface area (Å²) < 4.78 is 2.00. The first-order chi connectivity index (χ1) is 11.7. The number of nitrogens with zero attached hydrogens (tertiary/aromatic N) is 2. The normalized spacial score (nSPS) is 10.9. The van der Waals surface area contributed by atoms with Crippen LogP contribution in [0.2, 0.25) is 5.02 Å². The molecule has 0 saturated heterocycles. The average molecular weight is 334 g/mol. The summed E-state index contributed by atoms with van der Waals surface area (Å²) in [4.78, 5) is 4.79. The summed E-state index contributed by atoms with van der Waals surface area (Å²) in [7, 11) is 0. The number of benzene rings is 2. The highest BCUT2D eigenvalue weighted by molar-refractivity contribution is 6.30. The van der Waals surface area contributed by atoms with E-state index in [4.69, 9.17) is 16.6 Å². The Morgan fingerprint density at radius 3 is 2.46 bits per heavy atom. The summed E-state index contributed by atoms with van der Waals surface area (Å²) in [5.74, 6) is 0.910. The second kappa shape index (κ2) is 6.02. The van der Waals surface area contributed by atoms with E-state index in [-0.39, 0.29) is 0 Å². The highest BCUT2D eigenvalue weighted by Gasteiger charge is 2.15. The lowest BCUT2D eigenvalue weighted by molar-refractivity contribution is 1.18. The van der Waals surface area contributed by atoms with Crippen LogP contribution in [0.25, 0.3) is 16.9 Å². The van der Waals surface area contributed by atoms with Gasteiger partial charge in [0, 0.05) is 17.4 Å². The van der Waals surface area contributed by atoms with Gasteiger partial charge in [0.15, 0.2) is 0 Å². The number of fused-ring (bicyclic) bond motifs is 1. The molecule has 0 fully saturated rings. The van der Waals surface area contributed by atoms with Crippen molar-refractivity contribution in [2.75, 3.05) is 5.32 Å². The molecule has 4 aromatic rings.